The zero-order valence-electron chi connectivity index (χ0n) is 13.1. The van der Waals surface area contributed by atoms with Gasteiger partial charge >= 0.3 is 0 Å². The van der Waals surface area contributed by atoms with Gasteiger partial charge in [-0.25, -0.2) is 18.1 Å². The molecule has 1 aliphatic heterocycles. The van der Waals surface area contributed by atoms with Crippen molar-refractivity contribution >= 4 is 21.6 Å². The third kappa shape index (κ3) is 5.19. The molecule has 22 heavy (non-hydrogen) atoms. The molecule has 0 saturated carbocycles. The average Bonchev–Trinajstić information content (AvgIpc) is 2.45. The van der Waals surface area contributed by atoms with Crippen molar-refractivity contribution in [2.45, 2.75) is 38.5 Å². The standard InChI is InChI=1S/C15H24ClN3O2S/c1-12(2)22(20,21)17-9-13-5-4-8-19(10-13)11-14-6-3-7-15(16)18-14/h3,6-7,12-13,17H,4-5,8-11H2,1-2H3. The van der Waals surface area contributed by atoms with Crippen LogP contribution in [-0.4, -0.2) is 43.2 Å². The molecule has 1 aromatic rings. The second-order valence-corrected chi connectivity index (χ2v) is 8.85. The molecule has 124 valence electrons. The first-order valence-corrected chi connectivity index (χ1v) is 9.61. The predicted octanol–water partition coefficient (Wildman–Crippen LogP) is 2.27. The average molecular weight is 346 g/mol. The van der Waals surface area contributed by atoms with Crippen LogP contribution in [0, 0.1) is 5.92 Å². The molecule has 1 aliphatic rings. The van der Waals surface area contributed by atoms with Gasteiger partial charge in [0.05, 0.1) is 10.9 Å². The van der Waals surface area contributed by atoms with E-state index in [9.17, 15) is 8.42 Å². The van der Waals surface area contributed by atoms with Crippen molar-refractivity contribution in [2.75, 3.05) is 19.6 Å². The van der Waals surface area contributed by atoms with E-state index in [1.807, 2.05) is 12.1 Å². The maximum Gasteiger partial charge on any atom is 0.213 e. The maximum absolute atomic E-state index is 11.8. The zero-order chi connectivity index (χ0) is 16.2. The Balaban J connectivity index is 1.87. The first-order chi connectivity index (χ1) is 10.4. The first-order valence-electron chi connectivity index (χ1n) is 7.69. The maximum atomic E-state index is 11.8. The largest absolute Gasteiger partial charge is 0.297 e. The van der Waals surface area contributed by atoms with Crippen molar-refractivity contribution < 1.29 is 8.42 Å². The molecule has 7 heteroatoms. The van der Waals surface area contributed by atoms with Gasteiger partial charge in [-0.1, -0.05) is 17.7 Å². The molecule has 0 aliphatic carbocycles. The van der Waals surface area contributed by atoms with Gasteiger partial charge in [0.15, 0.2) is 0 Å². The molecule has 2 heterocycles. The number of piperidine rings is 1. The first kappa shape index (κ1) is 17.7. The van der Waals surface area contributed by atoms with Crippen LogP contribution in [0.15, 0.2) is 18.2 Å². The van der Waals surface area contributed by atoms with E-state index < -0.39 is 10.0 Å². The summed E-state index contributed by atoms with van der Waals surface area (Å²) < 4.78 is 26.4. The molecule has 1 fully saturated rings. The Morgan fingerprint density at radius 3 is 2.91 bits per heavy atom. The number of nitrogens with one attached hydrogen (secondary N) is 1. The number of hydrogen-bond acceptors (Lipinski definition) is 4. The van der Waals surface area contributed by atoms with Crippen LogP contribution in [-0.2, 0) is 16.6 Å². The summed E-state index contributed by atoms with van der Waals surface area (Å²) in [5.41, 5.74) is 0.955. The predicted molar refractivity (Wildman–Crippen MR) is 89.3 cm³/mol. The molecule has 1 unspecified atom stereocenters. The number of aromatic nitrogens is 1. The number of nitrogens with zero attached hydrogens (tertiary/aromatic N) is 2. The lowest BCUT2D eigenvalue weighted by Crippen LogP contribution is -2.42. The van der Waals surface area contributed by atoms with Crippen molar-refractivity contribution in [1.29, 1.82) is 0 Å². The second kappa shape index (κ2) is 7.73. The van der Waals surface area contributed by atoms with Crippen molar-refractivity contribution in [2.24, 2.45) is 5.92 Å². The molecule has 5 nitrogen and oxygen atoms in total. The summed E-state index contributed by atoms with van der Waals surface area (Å²) >= 11 is 5.91. The summed E-state index contributed by atoms with van der Waals surface area (Å²) in [5.74, 6) is 0.349. The Kier molecular flexibility index (Phi) is 6.20. The van der Waals surface area contributed by atoms with Crippen molar-refractivity contribution in [1.82, 2.24) is 14.6 Å². The minimum atomic E-state index is -3.18. The lowest BCUT2D eigenvalue weighted by atomic mass is 9.98. The van der Waals surface area contributed by atoms with Crippen LogP contribution in [0.2, 0.25) is 5.15 Å². The van der Waals surface area contributed by atoms with Gasteiger partial charge < -0.3 is 0 Å². The third-order valence-corrected chi connectivity index (χ3v) is 5.98. The SMILES string of the molecule is CC(C)S(=O)(=O)NCC1CCCN(Cc2cccc(Cl)n2)C1. The molecule has 1 aromatic heterocycles. The minimum absolute atomic E-state index is 0.349. The van der Waals surface area contributed by atoms with Crippen LogP contribution >= 0.6 is 11.6 Å². The van der Waals surface area contributed by atoms with E-state index in [4.69, 9.17) is 11.6 Å². The highest BCUT2D eigenvalue weighted by atomic mass is 35.5. The highest BCUT2D eigenvalue weighted by Crippen LogP contribution is 2.18. The molecule has 0 spiro atoms. The van der Waals surface area contributed by atoms with E-state index in [1.165, 1.54) is 0 Å². The van der Waals surface area contributed by atoms with Gasteiger partial charge in [0, 0.05) is 19.6 Å². The van der Waals surface area contributed by atoms with Crippen LogP contribution in [0.1, 0.15) is 32.4 Å². The molecule has 1 atom stereocenters. The zero-order valence-corrected chi connectivity index (χ0v) is 14.7. The second-order valence-electron chi connectivity index (χ2n) is 6.14. The lowest BCUT2D eigenvalue weighted by molar-refractivity contribution is 0.167. The third-order valence-electron chi connectivity index (χ3n) is 3.96. The highest BCUT2D eigenvalue weighted by molar-refractivity contribution is 7.90. The molecular weight excluding hydrogens is 322 g/mol. The number of pyridine rings is 1. The normalized spacial score (nSPS) is 20.5. The fraction of sp³-hybridized carbons (Fsp3) is 0.667. The van der Waals surface area contributed by atoms with E-state index in [0.29, 0.717) is 17.6 Å². The van der Waals surface area contributed by atoms with Crippen LogP contribution in [0.5, 0.6) is 0 Å². The molecule has 2 rings (SSSR count). The van der Waals surface area contributed by atoms with Gasteiger partial charge in [0.2, 0.25) is 10.0 Å². The van der Waals surface area contributed by atoms with Gasteiger partial charge in [-0.15, -0.1) is 0 Å². The summed E-state index contributed by atoms with van der Waals surface area (Å²) in [6, 6.07) is 5.64. The van der Waals surface area contributed by atoms with Crippen molar-refractivity contribution in [3.8, 4) is 0 Å². The molecule has 1 saturated heterocycles. The molecule has 0 aromatic carbocycles. The number of rotatable bonds is 6. The van der Waals surface area contributed by atoms with E-state index in [0.717, 1.165) is 38.2 Å². The quantitative estimate of drug-likeness (QED) is 0.803. The minimum Gasteiger partial charge on any atom is -0.297 e. The van der Waals surface area contributed by atoms with Gasteiger partial charge in [-0.3, -0.25) is 4.90 Å². The molecule has 0 amide bonds. The topological polar surface area (TPSA) is 62.3 Å². The smallest absolute Gasteiger partial charge is 0.213 e. The highest BCUT2D eigenvalue weighted by Gasteiger charge is 2.23. The van der Waals surface area contributed by atoms with Gasteiger partial charge in [0.25, 0.3) is 0 Å². The van der Waals surface area contributed by atoms with Crippen LogP contribution < -0.4 is 4.72 Å². The Labute approximate surface area is 138 Å². The Morgan fingerprint density at radius 1 is 1.45 bits per heavy atom. The number of halogens is 1. The van der Waals surface area contributed by atoms with Crippen LogP contribution in [0.25, 0.3) is 0 Å². The summed E-state index contributed by atoms with van der Waals surface area (Å²) in [4.78, 5) is 6.63. The number of likely N-dealkylation sites (tertiary alicyclic amines) is 1. The van der Waals surface area contributed by atoms with Crippen molar-refractivity contribution in [3.05, 3.63) is 29.0 Å². The van der Waals surface area contributed by atoms with E-state index >= 15 is 0 Å². The Hall–Kier alpha value is -0.690. The molecule has 0 radical (unpaired) electrons. The lowest BCUT2D eigenvalue weighted by Gasteiger charge is -2.32. The fourth-order valence-electron chi connectivity index (χ4n) is 2.63. The van der Waals surface area contributed by atoms with E-state index in [1.54, 1.807) is 19.9 Å². The van der Waals surface area contributed by atoms with Crippen LogP contribution in [0.3, 0.4) is 0 Å². The Morgan fingerprint density at radius 2 is 2.23 bits per heavy atom. The van der Waals surface area contributed by atoms with E-state index in [-0.39, 0.29) is 5.25 Å². The summed E-state index contributed by atoms with van der Waals surface area (Å²) in [5, 5.41) is 0.124. The fourth-order valence-corrected chi connectivity index (χ4v) is 3.61. The monoisotopic (exact) mass is 345 g/mol. The summed E-state index contributed by atoms with van der Waals surface area (Å²) in [7, 11) is -3.18. The Bertz CT molecular complexity index is 592. The van der Waals surface area contributed by atoms with Crippen molar-refractivity contribution in [3.63, 3.8) is 0 Å². The number of hydrogen-bond donors (Lipinski definition) is 1. The van der Waals surface area contributed by atoms with Crippen LogP contribution in [0.4, 0.5) is 0 Å². The number of sulfonamides is 1. The van der Waals surface area contributed by atoms with E-state index in [2.05, 4.69) is 14.6 Å². The summed E-state index contributed by atoms with van der Waals surface area (Å²) in [6.45, 7) is 6.56. The van der Waals surface area contributed by atoms with Gasteiger partial charge in [-0.2, -0.15) is 0 Å². The molecule has 1 N–H and O–H groups in total. The van der Waals surface area contributed by atoms with Gasteiger partial charge in [-0.05, 0) is 51.3 Å². The molecular formula is C15H24ClN3O2S. The summed E-state index contributed by atoms with van der Waals surface area (Å²) in [6.07, 6.45) is 2.13. The van der Waals surface area contributed by atoms with Gasteiger partial charge in [0.1, 0.15) is 5.15 Å². The molecule has 0 bridgehead atoms.